The molecule has 2 aliphatic heterocycles. The van der Waals surface area contributed by atoms with Gasteiger partial charge in [-0.15, -0.1) is 23.4 Å². The molecule has 0 N–H and O–H groups in total. The highest BCUT2D eigenvalue weighted by Crippen LogP contribution is 2.40. The van der Waals surface area contributed by atoms with Gasteiger partial charge in [-0.1, -0.05) is 25.1 Å². The molecule has 0 aromatic heterocycles. The maximum absolute atomic E-state index is 12.7. The van der Waals surface area contributed by atoms with E-state index in [-0.39, 0.29) is 17.2 Å². The molecule has 19 heavy (non-hydrogen) atoms. The number of carbonyl (C=O) groups excluding carboxylic acids is 1. The summed E-state index contributed by atoms with van der Waals surface area (Å²) in [5.41, 5.74) is 1.21. The number of carbonyl (C=O) groups is 1. The molecule has 3 atom stereocenters. The lowest BCUT2D eigenvalue weighted by Gasteiger charge is -2.35. The summed E-state index contributed by atoms with van der Waals surface area (Å²) in [4.78, 5) is 16.0. The second-order valence-electron chi connectivity index (χ2n) is 5.47. The number of hydrogen-bond acceptors (Lipinski definition) is 2. The van der Waals surface area contributed by atoms with Gasteiger partial charge in [0.2, 0.25) is 5.91 Å². The number of amides is 1. The molecule has 0 bridgehead atoms. The number of fused-ring (bicyclic) bond motifs is 1. The van der Waals surface area contributed by atoms with Gasteiger partial charge in [-0.3, -0.25) is 4.79 Å². The second kappa shape index (κ2) is 5.37. The van der Waals surface area contributed by atoms with Crippen LogP contribution >= 0.6 is 23.4 Å². The van der Waals surface area contributed by atoms with Crippen molar-refractivity contribution in [2.75, 3.05) is 18.8 Å². The molecule has 0 spiro atoms. The van der Waals surface area contributed by atoms with E-state index in [1.165, 1.54) is 10.5 Å². The summed E-state index contributed by atoms with van der Waals surface area (Å²) in [6.07, 6.45) is 0.913. The third kappa shape index (κ3) is 2.50. The SMILES string of the molecule is CC1CN(C(=O)C2CSc3ccccc32)CCC1Cl. The normalized spacial score (nSPS) is 30.2. The quantitative estimate of drug-likeness (QED) is 0.741. The van der Waals surface area contributed by atoms with Crippen LogP contribution in [0.3, 0.4) is 0 Å². The zero-order valence-electron chi connectivity index (χ0n) is 11.0. The molecular formula is C15H18ClNOS. The van der Waals surface area contributed by atoms with Crippen LogP contribution in [0.1, 0.15) is 24.8 Å². The molecule has 1 fully saturated rings. The Labute approximate surface area is 123 Å². The van der Waals surface area contributed by atoms with Crippen LogP contribution in [0.25, 0.3) is 0 Å². The fourth-order valence-electron chi connectivity index (χ4n) is 2.90. The van der Waals surface area contributed by atoms with Gasteiger partial charge in [-0.05, 0) is 24.0 Å². The molecule has 1 amide bonds. The zero-order valence-corrected chi connectivity index (χ0v) is 12.6. The molecule has 4 heteroatoms. The standard InChI is InChI=1S/C15H18ClNOS/c1-10-8-17(7-6-13(10)16)15(18)12-9-19-14-5-3-2-4-11(12)14/h2-5,10,12-13H,6-9H2,1H3. The number of rotatable bonds is 1. The van der Waals surface area contributed by atoms with Crippen LogP contribution in [0, 0.1) is 5.92 Å². The van der Waals surface area contributed by atoms with Crippen molar-refractivity contribution in [1.29, 1.82) is 0 Å². The number of piperidine rings is 1. The maximum Gasteiger partial charge on any atom is 0.231 e. The van der Waals surface area contributed by atoms with E-state index < -0.39 is 0 Å². The summed E-state index contributed by atoms with van der Waals surface area (Å²) in [5.74, 6) is 1.60. The lowest BCUT2D eigenvalue weighted by molar-refractivity contribution is -0.133. The number of alkyl halides is 1. The van der Waals surface area contributed by atoms with E-state index in [0.29, 0.717) is 5.92 Å². The fourth-order valence-corrected chi connectivity index (χ4v) is 4.30. The minimum atomic E-state index is 0.0419. The highest BCUT2D eigenvalue weighted by Gasteiger charge is 2.35. The Morgan fingerprint density at radius 1 is 1.42 bits per heavy atom. The van der Waals surface area contributed by atoms with Crippen molar-refractivity contribution in [3.8, 4) is 0 Å². The number of likely N-dealkylation sites (tertiary alicyclic amines) is 1. The molecule has 0 aliphatic carbocycles. The Hall–Kier alpha value is -0.670. The van der Waals surface area contributed by atoms with Gasteiger partial charge < -0.3 is 4.90 Å². The van der Waals surface area contributed by atoms with Crippen LogP contribution in [0.4, 0.5) is 0 Å². The predicted molar refractivity (Wildman–Crippen MR) is 79.9 cm³/mol. The first kappa shape index (κ1) is 13.3. The topological polar surface area (TPSA) is 20.3 Å². The van der Waals surface area contributed by atoms with Gasteiger partial charge in [0.1, 0.15) is 0 Å². The van der Waals surface area contributed by atoms with Gasteiger partial charge in [0.05, 0.1) is 5.92 Å². The average Bonchev–Trinajstić information content (AvgIpc) is 2.85. The summed E-state index contributed by atoms with van der Waals surface area (Å²) in [7, 11) is 0. The Morgan fingerprint density at radius 2 is 2.21 bits per heavy atom. The smallest absolute Gasteiger partial charge is 0.231 e. The Balaban J connectivity index is 1.75. The summed E-state index contributed by atoms with van der Waals surface area (Å²) in [6.45, 7) is 3.74. The van der Waals surface area contributed by atoms with Crippen LogP contribution in [0.5, 0.6) is 0 Å². The first-order valence-electron chi connectivity index (χ1n) is 6.81. The third-order valence-corrected chi connectivity index (χ3v) is 5.94. The van der Waals surface area contributed by atoms with E-state index in [9.17, 15) is 4.79 Å². The molecule has 0 radical (unpaired) electrons. The van der Waals surface area contributed by atoms with Crippen molar-refractivity contribution < 1.29 is 4.79 Å². The fraction of sp³-hybridized carbons (Fsp3) is 0.533. The molecule has 2 heterocycles. The van der Waals surface area contributed by atoms with E-state index in [0.717, 1.165) is 25.3 Å². The van der Waals surface area contributed by atoms with Gasteiger partial charge in [0.25, 0.3) is 0 Å². The van der Waals surface area contributed by atoms with Crippen molar-refractivity contribution in [3.05, 3.63) is 29.8 Å². The predicted octanol–water partition coefficient (Wildman–Crippen LogP) is 3.35. The van der Waals surface area contributed by atoms with Crippen molar-refractivity contribution in [2.45, 2.75) is 29.5 Å². The van der Waals surface area contributed by atoms with Gasteiger partial charge >= 0.3 is 0 Å². The van der Waals surface area contributed by atoms with Crippen molar-refractivity contribution >= 4 is 29.3 Å². The van der Waals surface area contributed by atoms with Crippen LogP contribution in [-0.2, 0) is 4.79 Å². The average molecular weight is 296 g/mol. The Bertz CT molecular complexity index is 493. The summed E-state index contributed by atoms with van der Waals surface area (Å²) in [6, 6.07) is 8.27. The molecule has 3 rings (SSSR count). The van der Waals surface area contributed by atoms with Crippen molar-refractivity contribution in [3.63, 3.8) is 0 Å². The minimum absolute atomic E-state index is 0.0419. The van der Waals surface area contributed by atoms with Gasteiger partial charge in [0.15, 0.2) is 0 Å². The minimum Gasteiger partial charge on any atom is -0.342 e. The molecule has 102 valence electrons. The van der Waals surface area contributed by atoms with Crippen LogP contribution in [-0.4, -0.2) is 35.0 Å². The van der Waals surface area contributed by atoms with Crippen molar-refractivity contribution in [1.82, 2.24) is 4.90 Å². The lowest BCUT2D eigenvalue weighted by Crippen LogP contribution is -2.45. The molecular weight excluding hydrogens is 278 g/mol. The summed E-state index contributed by atoms with van der Waals surface area (Å²) >= 11 is 8.03. The summed E-state index contributed by atoms with van der Waals surface area (Å²) in [5, 5.41) is 0.217. The number of benzene rings is 1. The van der Waals surface area contributed by atoms with Crippen LogP contribution in [0.15, 0.2) is 29.2 Å². The molecule has 2 aliphatic rings. The molecule has 0 saturated carbocycles. The van der Waals surface area contributed by atoms with Crippen molar-refractivity contribution in [2.24, 2.45) is 5.92 Å². The van der Waals surface area contributed by atoms with Gasteiger partial charge in [0, 0.05) is 29.1 Å². The van der Waals surface area contributed by atoms with Crippen LogP contribution < -0.4 is 0 Å². The number of nitrogens with zero attached hydrogens (tertiary/aromatic N) is 1. The van der Waals surface area contributed by atoms with Gasteiger partial charge in [-0.25, -0.2) is 0 Å². The number of halogens is 1. The maximum atomic E-state index is 12.7. The molecule has 1 aromatic rings. The molecule has 1 saturated heterocycles. The van der Waals surface area contributed by atoms with Crippen LogP contribution in [0.2, 0.25) is 0 Å². The Kier molecular flexibility index (Phi) is 3.77. The molecule has 2 nitrogen and oxygen atoms in total. The number of hydrogen-bond donors (Lipinski definition) is 0. The summed E-state index contributed by atoms with van der Waals surface area (Å²) < 4.78 is 0. The highest BCUT2D eigenvalue weighted by molar-refractivity contribution is 7.99. The van der Waals surface area contributed by atoms with E-state index in [1.807, 2.05) is 17.0 Å². The van der Waals surface area contributed by atoms with E-state index in [1.54, 1.807) is 11.8 Å². The molecule has 3 unspecified atom stereocenters. The third-order valence-electron chi connectivity index (χ3n) is 4.11. The Morgan fingerprint density at radius 3 is 3.00 bits per heavy atom. The highest BCUT2D eigenvalue weighted by atomic mass is 35.5. The first-order chi connectivity index (χ1) is 9.16. The van der Waals surface area contributed by atoms with Gasteiger partial charge in [-0.2, -0.15) is 0 Å². The largest absolute Gasteiger partial charge is 0.342 e. The molecule has 1 aromatic carbocycles. The number of thioether (sulfide) groups is 1. The van der Waals surface area contributed by atoms with E-state index >= 15 is 0 Å². The zero-order chi connectivity index (χ0) is 13.4. The first-order valence-corrected chi connectivity index (χ1v) is 8.23. The monoisotopic (exact) mass is 295 g/mol. The van der Waals surface area contributed by atoms with E-state index in [2.05, 4.69) is 19.1 Å². The van der Waals surface area contributed by atoms with E-state index in [4.69, 9.17) is 11.6 Å². The lowest BCUT2D eigenvalue weighted by atomic mass is 9.95. The second-order valence-corrected chi connectivity index (χ2v) is 7.09.